The third-order valence-electron chi connectivity index (χ3n) is 3.96. The molecule has 2 heterocycles. The Labute approximate surface area is 224 Å². The molecule has 0 aromatic carbocycles. The summed E-state index contributed by atoms with van der Waals surface area (Å²) in [6.07, 6.45) is 12.4. The van der Waals surface area contributed by atoms with Crippen LogP contribution in [0.2, 0.25) is 0 Å². The Morgan fingerprint density at radius 2 is 1.00 bits per heavy atom. The van der Waals surface area contributed by atoms with Crippen LogP contribution >= 0.6 is 0 Å². The van der Waals surface area contributed by atoms with Gasteiger partial charge in [0, 0.05) is 32.8 Å². The number of aromatic nitrogens is 2. The Hall–Kier alpha value is -1.20. The monoisotopic (exact) mass is 645 g/mol. The van der Waals surface area contributed by atoms with Crippen LogP contribution < -0.4 is 0 Å². The van der Waals surface area contributed by atoms with E-state index in [2.05, 4.69) is 37.7 Å². The maximum atomic E-state index is 6.60. The van der Waals surface area contributed by atoms with Crippen molar-refractivity contribution in [1.82, 2.24) is 9.97 Å². The van der Waals surface area contributed by atoms with E-state index in [0.29, 0.717) is 26.2 Å². The molecule has 0 aliphatic heterocycles. The van der Waals surface area contributed by atoms with E-state index in [1.54, 1.807) is 12.4 Å². The zero-order valence-corrected chi connectivity index (χ0v) is 25.0. The van der Waals surface area contributed by atoms with E-state index in [1.165, 1.54) is 5.56 Å². The Morgan fingerprint density at radius 1 is 0.588 bits per heavy atom. The van der Waals surface area contributed by atoms with Crippen molar-refractivity contribution in [2.75, 3.05) is 26.2 Å². The second kappa shape index (κ2) is 36.4. The van der Waals surface area contributed by atoms with Crippen molar-refractivity contribution in [2.45, 2.75) is 86.0 Å². The minimum atomic E-state index is 0. The van der Waals surface area contributed by atoms with E-state index >= 15 is 0 Å². The Bertz CT molecular complexity index is 552. The van der Waals surface area contributed by atoms with Crippen molar-refractivity contribution in [1.29, 1.82) is 0 Å². The van der Waals surface area contributed by atoms with E-state index in [-0.39, 0.29) is 20.4 Å². The normalized spacial score (nSPS) is 8.74. The summed E-state index contributed by atoms with van der Waals surface area (Å²) in [5.41, 5.74) is 29.5. The summed E-state index contributed by atoms with van der Waals surface area (Å²) >= 11 is 0. The Morgan fingerprint density at radius 3 is 1.26 bits per heavy atom. The molecule has 4 N–H and O–H groups in total. The number of pyridine rings is 2. The van der Waals surface area contributed by atoms with Gasteiger partial charge in [0.25, 0.3) is 0 Å². The quantitative estimate of drug-likeness (QED) is 0.270. The summed E-state index contributed by atoms with van der Waals surface area (Å²) < 4.78 is 0. The first-order chi connectivity index (χ1) is 16.0. The van der Waals surface area contributed by atoms with Crippen molar-refractivity contribution in [3.05, 3.63) is 71.2 Å². The van der Waals surface area contributed by atoms with Crippen LogP contribution in [0.25, 0.3) is 34.3 Å². The molecule has 0 aliphatic rings. The molecule has 0 fully saturated rings. The molecule has 2 aromatic rings. The zero-order chi connectivity index (χ0) is 25.6. The smallest absolute Gasteiger partial charge is 0.0888 e. The average Bonchev–Trinajstić information content (AvgIpc) is 2.83. The SMILES string of the molecule is CCCC[NH-].CCCC[NH-].CCCC[NH-].CCCC[NH-].Cc1ccnc(-c2ccccn2)c1.[Re]. The van der Waals surface area contributed by atoms with E-state index < -0.39 is 0 Å². The summed E-state index contributed by atoms with van der Waals surface area (Å²) in [4.78, 5) is 8.47. The van der Waals surface area contributed by atoms with Gasteiger partial charge in [-0.25, -0.2) is 0 Å². The zero-order valence-electron chi connectivity index (χ0n) is 22.3. The molecule has 0 aliphatic carbocycles. The van der Waals surface area contributed by atoms with Crippen LogP contribution in [-0.4, -0.2) is 36.1 Å². The number of hydrogen-bond acceptors (Lipinski definition) is 2. The first-order valence-corrected chi connectivity index (χ1v) is 12.4. The maximum Gasteiger partial charge on any atom is 0.0888 e. The number of nitrogens with one attached hydrogen (secondary N) is 4. The van der Waals surface area contributed by atoms with Gasteiger partial charge in [-0.05, 0) is 36.8 Å². The fourth-order valence-corrected chi connectivity index (χ4v) is 1.90. The average molecular weight is 645 g/mol. The second-order valence-corrected chi connectivity index (χ2v) is 7.35. The van der Waals surface area contributed by atoms with Gasteiger partial charge in [0.15, 0.2) is 0 Å². The topological polar surface area (TPSA) is 121 Å². The molecule has 2 rings (SSSR count). The number of unbranched alkanes of at least 4 members (excludes halogenated alkanes) is 4. The van der Waals surface area contributed by atoms with Crippen molar-refractivity contribution in [3.8, 4) is 11.4 Å². The molecule has 7 heteroatoms. The largest absolute Gasteiger partial charge is 0.677 e. The van der Waals surface area contributed by atoms with Crippen LogP contribution in [-0.2, 0) is 20.4 Å². The van der Waals surface area contributed by atoms with Gasteiger partial charge in [0.1, 0.15) is 0 Å². The van der Waals surface area contributed by atoms with Gasteiger partial charge in [0.2, 0.25) is 0 Å². The van der Waals surface area contributed by atoms with Crippen molar-refractivity contribution in [2.24, 2.45) is 0 Å². The summed E-state index contributed by atoms with van der Waals surface area (Å²) in [5, 5.41) is 0. The van der Waals surface area contributed by atoms with Crippen molar-refractivity contribution < 1.29 is 20.4 Å². The Kier molecular flexibility index (Phi) is 42.8. The van der Waals surface area contributed by atoms with E-state index in [0.717, 1.165) is 62.8 Å². The predicted molar refractivity (Wildman–Crippen MR) is 149 cm³/mol. The second-order valence-electron chi connectivity index (χ2n) is 7.35. The molecular formula is C27H50N6Re-4. The summed E-state index contributed by atoms with van der Waals surface area (Å²) in [7, 11) is 0. The number of aryl methyl sites for hydroxylation is 1. The molecule has 0 saturated carbocycles. The first kappa shape index (κ1) is 40.0. The third-order valence-corrected chi connectivity index (χ3v) is 3.96. The van der Waals surface area contributed by atoms with Crippen molar-refractivity contribution in [3.63, 3.8) is 0 Å². The van der Waals surface area contributed by atoms with Gasteiger partial charge in [0.05, 0.1) is 11.4 Å². The van der Waals surface area contributed by atoms with Crippen LogP contribution in [0.5, 0.6) is 0 Å². The van der Waals surface area contributed by atoms with E-state index in [1.807, 2.05) is 37.3 Å². The van der Waals surface area contributed by atoms with Crippen LogP contribution in [0.3, 0.4) is 0 Å². The van der Waals surface area contributed by atoms with E-state index in [4.69, 9.17) is 22.9 Å². The minimum Gasteiger partial charge on any atom is -0.677 e. The first-order valence-electron chi connectivity index (χ1n) is 12.4. The standard InChI is InChI=1S/C11H10N2.4C4H10N.Re/c1-9-5-7-13-11(8-9)10-4-2-3-6-12-10;4*1-2-3-4-5;/h2-8H,1H3;4*5H,2-4H2,1H3;/q;4*-1;. The number of hydrogen-bond donors (Lipinski definition) is 0. The molecule has 34 heavy (non-hydrogen) atoms. The molecule has 1 radical (unpaired) electrons. The van der Waals surface area contributed by atoms with Gasteiger partial charge < -0.3 is 22.9 Å². The number of rotatable bonds is 9. The van der Waals surface area contributed by atoms with Gasteiger partial charge in [-0.2, -0.15) is 26.2 Å². The predicted octanol–water partition coefficient (Wildman–Crippen LogP) is 9.80. The number of nitrogens with zero attached hydrogens (tertiary/aromatic N) is 2. The minimum absolute atomic E-state index is 0. The summed E-state index contributed by atoms with van der Waals surface area (Å²) in [6, 6.07) is 9.84. The summed E-state index contributed by atoms with van der Waals surface area (Å²) in [6.45, 7) is 12.8. The van der Waals surface area contributed by atoms with Crippen LogP contribution in [0.4, 0.5) is 0 Å². The molecule has 0 bridgehead atoms. The molecule has 6 nitrogen and oxygen atoms in total. The maximum absolute atomic E-state index is 6.60. The van der Waals surface area contributed by atoms with Crippen LogP contribution in [0, 0.1) is 6.92 Å². The van der Waals surface area contributed by atoms with Crippen LogP contribution in [0.1, 0.15) is 84.6 Å². The molecule has 2 aromatic heterocycles. The summed E-state index contributed by atoms with van der Waals surface area (Å²) in [5.74, 6) is 0. The molecule has 0 amide bonds. The van der Waals surface area contributed by atoms with Gasteiger partial charge in [-0.1, -0.05) is 85.1 Å². The molecule has 199 valence electrons. The Balaban J connectivity index is -0.000000183. The van der Waals surface area contributed by atoms with Crippen LogP contribution in [0.15, 0.2) is 42.7 Å². The third kappa shape index (κ3) is 33.0. The molecular weight excluding hydrogens is 595 g/mol. The fraction of sp³-hybridized carbons (Fsp3) is 0.630. The van der Waals surface area contributed by atoms with Gasteiger partial charge in [-0.15, -0.1) is 0 Å². The molecule has 0 unspecified atom stereocenters. The fourth-order valence-electron chi connectivity index (χ4n) is 1.90. The molecule has 0 atom stereocenters. The van der Waals surface area contributed by atoms with Crippen molar-refractivity contribution >= 4 is 0 Å². The molecule has 0 saturated heterocycles. The van der Waals surface area contributed by atoms with E-state index in [9.17, 15) is 0 Å². The van der Waals surface area contributed by atoms with Gasteiger partial charge in [-0.3, -0.25) is 9.97 Å². The van der Waals surface area contributed by atoms with Gasteiger partial charge >= 0.3 is 0 Å². The molecule has 0 spiro atoms.